The second kappa shape index (κ2) is 17.7. The fraction of sp³-hybridized carbons (Fsp3) is 0.500. The van der Waals surface area contributed by atoms with Crippen LogP contribution in [0.4, 0.5) is 34.1 Å². The van der Waals surface area contributed by atoms with Crippen LogP contribution in [-0.4, -0.2) is 6.71 Å². The minimum absolute atomic E-state index is 0.0222. The van der Waals surface area contributed by atoms with Crippen molar-refractivity contribution < 1.29 is 0 Å². The van der Waals surface area contributed by atoms with Gasteiger partial charge in [-0.05, 0) is 256 Å². The third-order valence-corrected chi connectivity index (χ3v) is 25.7. The van der Waals surface area contributed by atoms with Crippen LogP contribution in [0.3, 0.4) is 0 Å². The smallest absolute Gasteiger partial charge is 0.264 e. The zero-order valence-electron chi connectivity index (χ0n) is 55.3. The van der Waals surface area contributed by atoms with Gasteiger partial charge in [0.25, 0.3) is 6.71 Å². The Labute approximate surface area is 511 Å². The van der Waals surface area contributed by atoms with Crippen molar-refractivity contribution in [3.8, 4) is 22.3 Å². The van der Waals surface area contributed by atoms with Crippen molar-refractivity contribution in [2.24, 2.45) is 0 Å². The van der Waals surface area contributed by atoms with Crippen molar-refractivity contribution >= 4 is 67.9 Å². The molecule has 0 saturated carbocycles. The predicted molar refractivity (Wildman–Crippen MR) is 366 cm³/mol. The molecule has 0 spiro atoms. The summed E-state index contributed by atoms with van der Waals surface area (Å²) in [7, 11) is 0. The molecule has 0 N–H and O–H groups in total. The van der Waals surface area contributed by atoms with Crippen LogP contribution >= 0.6 is 11.3 Å². The number of hydrogen-bond acceptors (Lipinski definition) is 3. The van der Waals surface area contributed by atoms with E-state index >= 15 is 0 Å². The van der Waals surface area contributed by atoms with Crippen molar-refractivity contribution in [1.29, 1.82) is 0 Å². The molecule has 4 heteroatoms. The number of hydrogen-bond donors (Lipinski definition) is 0. The molecule has 7 aromatic rings. The molecule has 0 atom stereocenters. The summed E-state index contributed by atoms with van der Waals surface area (Å²) >= 11 is 2.18. The third kappa shape index (κ3) is 8.18. The number of nitrogens with zero attached hydrogens (tertiary/aromatic N) is 2. The van der Waals surface area contributed by atoms with E-state index in [4.69, 9.17) is 0 Å². The molecule has 1 aromatic heterocycles. The summed E-state index contributed by atoms with van der Waals surface area (Å²) in [5.41, 5.74) is 30.4. The highest BCUT2D eigenvalue weighted by atomic mass is 32.1. The molecule has 84 heavy (non-hydrogen) atoms. The van der Waals surface area contributed by atoms with Crippen LogP contribution in [0.5, 0.6) is 0 Å². The third-order valence-electron chi connectivity index (χ3n) is 24.1. The second-order valence-corrected chi connectivity index (χ2v) is 35.7. The van der Waals surface area contributed by atoms with Crippen LogP contribution < -0.4 is 25.5 Å². The van der Waals surface area contributed by atoms with Gasteiger partial charge in [-0.3, -0.25) is 0 Å². The topological polar surface area (TPSA) is 6.48 Å². The Morgan fingerprint density at radius 1 is 0.333 bits per heavy atom. The van der Waals surface area contributed by atoms with E-state index in [0.29, 0.717) is 0 Å². The van der Waals surface area contributed by atoms with Crippen molar-refractivity contribution in [2.75, 3.05) is 9.80 Å². The van der Waals surface area contributed by atoms with Gasteiger partial charge < -0.3 is 9.80 Å². The molecule has 436 valence electrons. The van der Waals surface area contributed by atoms with Crippen LogP contribution in [0.2, 0.25) is 0 Å². The van der Waals surface area contributed by atoms with Gasteiger partial charge in [0, 0.05) is 38.1 Å². The van der Waals surface area contributed by atoms with Gasteiger partial charge in [0.15, 0.2) is 0 Å². The average molecular weight is 1130 g/mol. The standard InChI is InChI=1S/C80H97BN2S/c1-71(2)30-32-73(5,6)56-42-50(26-28-54(56)71)82-63-47-61-60(77(13,14)36-37-78(61,15)16)46-62(63)81-67-64(82)40-49(53-45-59-58(75(9,10)34-35-76(59,11)12)44-52(53)48-24-22-21-23-25-48)41-65(67)83(51-27-29-55-57(43-51)74(7,8)33-31-72(55,3)4)68-66-69(84-70(68)81)80(19,20)39-38-79(66,17)18/h21-29,40-47H,30-39H2,1-20H3. The van der Waals surface area contributed by atoms with Gasteiger partial charge in [-0.15, -0.1) is 0 Å². The summed E-state index contributed by atoms with van der Waals surface area (Å²) in [6.45, 7) is 50.5. The Bertz CT molecular complexity index is 3940. The molecule has 5 aliphatic carbocycles. The van der Waals surface area contributed by atoms with Crippen LogP contribution in [-0.2, 0) is 54.1 Å². The van der Waals surface area contributed by atoms with E-state index in [1.54, 1.807) is 16.0 Å². The molecule has 0 fully saturated rings. The number of anilines is 6. The highest BCUT2D eigenvalue weighted by molar-refractivity contribution is 7.29. The van der Waals surface area contributed by atoms with E-state index < -0.39 is 0 Å². The van der Waals surface area contributed by atoms with Gasteiger partial charge in [0.05, 0.1) is 5.69 Å². The fourth-order valence-electron chi connectivity index (χ4n) is 17.7. The Morgan fingerprint density at radius 3 is 1.20 bits per heavy atom. The van der Waals surface area contributed by atoms with E-state index in [0.717, 1.165) is 6.42 Å². The van der Waals surface area contributed by atoms with Crippen molar-refractivity contribution in [2.45, 2.75) is 257 Å². The van der Waals surface area contributed by atoms with Gasteiger partial charge in [-0.1, -0.05) is 187 Å². The molecule has 0 bridgehead atoms. The van der Waals surface area contributed by atoms with Crippen LogP contribution in [0.1, 0.15) is 258 Å². The predicted octanol–water partition coefficient (Wildman–Crippen LogP) is 20.9. The van der Waals surface area contributed by atoms with E-state index in [1.165, 1.54) is 169 Å². The highest BCUT2D eigenvalue weighted by Crippen LogP contribution is 2.60. The minimum Gasteiger partial charge on any atom is -0.311 e. The Kier molecular flexibility index (Phi) is 11.9. The van der Waals surface area contributed by atoms with Gasteiger partial charge in [0.2, 0.25) is 0 Å². The lowest BCUT2D eigenvalue weighted by molar-refractivity contribution is 0.332. The minimum atomic E-state index is -0.0347. The quantitative estimate of drug-likeness (QED) is 0.162. The van der Waals surface area contributed by atoms with Crippen molar-refractivity contribution in [1.82, 2.24) is 0 Å². The van der Waals surface area contributed by atoms with Gasteiger partial charge in [-0.25, -0.2) is 0 Å². The van der Waals surface area contributed by atoms with E-state index in [9.17, 15) is 0 Å². The first-order valence-electron chi connectivity index (χ1n) is 32.8. The summed E-state index contributed by atoms with van der Waals surface area (Å²) in [5, 5.41) is 0. The molecule has 3 heterocycles. The molecule has 14 rings (SSSR count). The number of benzene rings is 6. The summed E-state index contributed by atoms with van der Waals surface area (Å²) < 4.78 is 1.53. The maximum Gasteiger partial charge on any atom is 0.264 e. The molecule has 0 radical (unpaired) electrons. The normalized spacial score (nSPS) is 22.9. The molecular formula is C80H97BN2S. The maximum atomic E-state index is 2.88. The van der Waals surface area contributed by atoms with Crippen LogP contribution in [0.15, 0.2) is 103 Å². The number of thiophene rings is 1. The lowest BCUT2D eigenvalue weighted by atomic mass is 9.35. The van der Waals surface area contributed by atoms with Crippen molar-refractivity contribution in [3.63, 3.8) is 0 Å². The molecule has 0 amide bonds. The van der Waals surface area contributed by atoms with Gasteiger partial charge >= 0.3 is 0 Å². The number of rotatable bonds is 4. The van der Waals surface area contributed by atoms with E-state index in [1.807, 2.05) is 0 Å². The van der Waals surface area contributed by atoms with Crippen LogP contribution in [0, 0.1) is 0 Å². The second-order valence-electron chi connectivity index (χ2n) is 34.6. The monoisotopic (exact) mass is 1130 g/mol. The zero-order chi connectivity index (χ0) is 59.8. The zero-order valence-corrected chi connectivity index (χ0v) is 56.1. The molecule has 6 aromatic carbocycles. The maximum absolute atomic E-state index is 2.88. The lowest BCUT2D eigenvalue weighted by Gasteiger charge is -2.48. The number of fused-ring (bicyclic) bond motifs is 10. The molecule has 0 saturated heterocycles. The first-order valence-corrected chi connectivity index (χ1v) is 33.6. The molecule has 2 aliphatic heterocycles. The molecule has 0 unspecified atom stereocenters. The largest absolute Gasteiger partial charge is 0.311 e. The Morgan fingerprint density at radius 2 is 0.714 bits per heavy atom. The highest BCUT2D eigenvalue weighted by Gasteiger charge is 2.53. The van der Waals surface area contributed by atoms with Crippen LogP contribution in [0.25, 0.3) is 22.3 Å². The van der Waals surface area contributed by atoms with E-state index in [2.05, 4.69) is 263 Å². The molecule has 7 aliphatic rings. The summed E-state index contributed by atoms with van der Waals surface area (Å²) in [6, 6.07) is 43.3. The summed E-state index contributed by atoms with van der Waals surface area (Å²) in [5.74, 6) is 0. The average Bonchev–Trinajstić information content (AvgIpc) is 1.34. The Balaban J connectivity index is 1.18. The molecule has 2 nitrogen and oxygen atoms in total. The van der Waals surface area contributed by atoms with E-state index in [-0.39, 0.29) is 60.9 Å². The first kappa shape index (κ1) is 56.5. The SMILES string of the molecule is CC1(C)CCC(C)(C)c2cc(N3c4cc5c(cc4B4c6sc7c(c6N(c6ccc8c(c6)C(C)(C)CCC8(C)C)c6cc(-c8cc9c(cc8-c8ccccc8)C(C)(C)CCC9(C)C)cc3c64)C(C)(C)CCC7(C)C)C(C)(C)CCC5(C)C)ccc21. The first-order chi connectivity index (χ1) is 39.1. The lowest BCUT2D eigenvalue weighted by Crippen LogP contribution is -2.61. The molecular weight excluding hydrogens is 1030 g/mol. The van der Waals surface area contributed by atoms with Gasteiger partial charge in [0.1, 0.15) is 0 Å². The summed E-state index contributed by atoms with van der Waals surface area (Å²) in [6.07, 6.45) is 11.8. The van der Waals surface area contributed by atoms with Gasteiger partial charge in [-0.2, -0.15) is 11.3 Å². The summed E-state index contributed by atoms with van der Waals surface area (Å²) in [4.78, 5) is 7.29. The Hall–Kier alpha value is -5.32. The van der Waals surface area contributed by atoms with Crippen molar-refractivity contribution in [3.05, 3.63) is 158 Å². The fourth-order valence-corrected chi connectivity index (χ4v) is 19.4.